The fraction of sp³-hybridized carbons (Fsp3) is 0.455. The van der Waals surface area contributed by atoms with Crippen molar-refractivity contribution >= 4 is 11.6 Å². The van der Waals surface area contributed by atoms with Crippen LogP contribution >= 0.6 is 0 Å². The van der Waals surface area contributed by atoms with Gasteiger partial charge in [-0.3, -0.25) is 4.79 Å². The van der Waals surface area contributed by atoms with Gasteiger partial charge in [0.05, 0.1) is 5.56 Å². The normalized spacial score (nSPS) is 23.1. The van der Waals surface area contributed by atoms with Crippen LogP contribution in [0.15, 0.2) is 18.3 Å². The summed E-state index contributed by atoms with van der Waals surface area (Å²) < 4.78 is 0. The van der Waals surface area contributed by atoms with Crippen LogP contribution in [0.25, 0.3) is 0 Å². The summed E-state index contributed by atoms with van der Waals surface area (Å²) in [7, 11) is 0. The van der Waals surface area contributed by atoms with E-state index in [0.717, 1.165) is 6.42 Å². The van der Waals surface area contributed by atoms with Crippen molar-refractivity contribution in [1.82, 2.24) is 4.98 Å². The van der Waals surface area contributed by atoms with Gasteiger partial charge in [0.25, 0.3) is 0 Å². The van der Waals surface area contributed by atoms with Gasteiger partial charge >= 0.3 is 0 Å². The number of Topliss-reactive ketones (excluding diaryl/α,β-unsaturated/α-hetero) is 1. The third-order valence-corrected chi connectivity index (χ3v) is 2.93. The monoisotopic (exact) mass is 190 g/mol. The maximum absolute atomic E-state index is 11.9. The molecule has 0 aliphatic heterocycles. The molecule has 3 heteroatoms. The van der Waals surface area contributed by atoms with Crippen LogP contribution in [0.3, 0.4) is 0 Å². The smallest absolute Gasteiger partial charge is 0.170 e. The molecular weight excluding hydrogens is 176 g/mol. The quantitative estimate of drug-likeness (QED) is 0.724. The summed E-state index contributed by atoms with van der Waals surface area (Å²) in [6.07, 6.45) is 2.56. The van der Waals surface area contributed by atoms with Crippen molar-refractivity contribution in [2.45, 2.75) is 20.3 Å². The molecule has 0 bridgehead atoms. The van der Waals surface area contributed by atoms with Crippen LogP contribution in [0.1, 0.15) is 30.6 Å². The molecule has 1 atom stereocenters. The Balaban J connectivity index is 2.25. The van der Waals surface area contributed by atoms with Crippen molar-refractivity contribution in [3.8, 4) is 0 Å². The topological polar surface area (TPSA) is 56.0 Å². The van der Waals surface area contributed by atoms with Gasteiger partial charge in [-0.15, -0.1) is 0 Å². The Morgan fingerprint density at radius 2 is 2.29 bits per heavy atom. The first-order valence-corrected chi connectivity index (χ1v) is 4.77. The maximum Gasteiger partial charge on any atom is 0.170 e. The van der Waals surface area contributed by atoms with E-state index in [-0.39, 0.29) is 17.1 Å². The van der Waals surface area contributed by atoms with Gasteiger partial charge in [-0.05, 0) is 24.0 Å². The molecule has 1 heterocycles. The van der Waals surface area contributed by atoms with Crippen LogP contribution < -0.4 is 5.73 Å². The zero-order chi connectivity index (χ0) is 10.3. The molecule has 2 rings (SSSR count). The summed E-state index contributed by atoms with van der Waals surface area (Å²) in [4.78, 5) is 15.8. The molecule has 2 N–H and O–H groups in total. The predicted molar refractivity (Wildman–Crippen MR) is 54.9 cm³/mol. The van der Waals surface area contributed by atoms with Crippen molar-refractivity contribution in [2.75, 3.05) is 5.73 Å². The number of carbonyl (C=O) groups is 1. The molecule has 0 amide bonds. The summed E-state index contributed by atoms with van der Waals surface area (Å²) in [5.41, 5.74) is 6.37. The van der Waals surface area contributed by atoms with Gasteiger partial charge < -0.3 is 5.73 Å². The van der Waals surface area contributed by atoms with E-state index in [2.05, 4.69) is 18.8 Å². The number of ketones is 1. The SMILES string of the molecule is CC1(C)CC1C(=O)c1cccnc1N. The highest BCUT2D eigenvalue weighted by molar-refractivity contribution is 6.03. The lowest BCUT2D eigenvalue weighted by atomic mass is 10.0. The lowest BCUT2D eigenvalue weighted by molar-refractivity contribution is 0.0954. The molecule has 1 aromatic rings. The van der Waals surface area contributed by atoms with Gasteiger partial charge in [-0.25, -0.2) is 4.98 Å². The second-order valence-corrected chi connectivity index (χ2v) is 4.55. The summed E-state index contributed by atoms with van der Waals surface area (Å²) in [6.45, 7) is 4.20. The van der Waals surface area contributed by atoms with E-state index in [9.17, 15) is 4.79 Å². The summed E-state index contributed by atoms with van der Waals surface area (Å²) >= 11 is 0. The molecule has 0 radical (unpaired) electrons. The number of nitrogens with two attached hydrogens (primary N) is 1. The lowest BCUT2D eigenvalue weighted by Gasteiger charge is -2.04. The minimum Gasteiger partial charge on any atom is -0.383 e. The van der Waals surface area contributed by atoms with Crippen LogP contribution in [0.2, 0.25) is 0 Å². The molecule has 1 unspecified atom stereocenters. The van der Waals surface area contributed by atoms with Gasteiger partial charge in [0, 0.05) is 12.1 Å². The summed E-state index contributed by atoms with van der Waals surface area (Å²) in [6, 6.07) is 3.50. The highest BCUT2D eigenvalue weighted by Crippen LogP contribution is 2.53. The van der Waals surface area contributed by atoms with Crippen molar-refractivity contribution in [3.63, 3.8) is 0 Å². The van der Waals surface area contributed by atoms with E-state index in [1.54, 1.807) is 18.3 Å². The van der Waals surface area contributed by atoms with Gasteiger partial charge in [0.15, 0.2) is 5.78 Å². The third kappa shape index (κ3) is 1.39. The minimum atomic E-state index is 0.133. The van der Waals surface area contributed by atoms with Crippen molar-refractivity contribution < 1.29 is 4.79 Å². The highest BCUT2D eigenvalue weighted by Gasteiger charge is 2.50. The molecule has 1 aliphatic rings. The number of anilines is 1. The number of aromatic nitrogens is 1. The number of hydrogen-bond donors (Lipinski definition) is 1. The molecule has 14 heavy (non-hydrogen) atoms. The van der Waals surface area contributed by atoms with Gasteiger partial charge in [0.1, 0.15) is 5.82 Å². The first-order chi connectivity index (χ1) is 6.52. The van der Waals surface area contributed by atoms with E-state index >= 15 is 0 Å². The molecule has 3 nitrogen and oxygen atoms in total. The number of hydrogen-bond acceptors (Lipinski definition) is 3. The zero-order valence-corrected chi connectivity index (χ0v) is 8.45. The summed E-state index contributed by atoms with van der Waals surface area (Å²) in [5, 5.41) is 0. The van der Waals surface area contributed by atoms with Crippen LogP contribution in [0.4, 0.5) is 5.82 Å². The Bertz CT molecular complexity index is 385. The van der Waals surface area contributed by atoms with E-state index < -0.39 is 0 Å². The molecule has 1 aromatic heterocycles. The van der Waals surface area contributed by atoms with Crippen molar-refractivity contribution in [1.29, 1.82) is 0 Å². The molecule has 1 aliphatic carbocycles. The molecule has 1 saturated carbocycles. The van der Waals surface area contributed by atoms with Crippen molar-refractivity contribution in [2.24, 2.45) is 11.3 Å². The number of pyridine rings is 1. The Morgan fingerprint density at radius 1 is 1.64 bits per heavy atom. The second-order valence-electron chi connectivity index (χ2n) is 4.55. The Hall–Kier alpha value is -1.38. The number of rotatable bonds is 2. The minimum absolute atomic E-state index is 0.133. The van der Waals surface area contributed by atoms with E-state index in [1.807, 2.05) is 0 Å². The van der Waals surface area contributed by atoms with Crippen LogP contribution in [-0.2, 0) is 0 Å². The van der Waals surface area contributed by atoms with Gasteiger partial charge in [-0.1, -0.05) is 13.8 Å². The lowest BCUT2D eigenvalue weighted by Crippen LogP contribution is -2.10. The molecule has 0 saturated heterocycles. The first kappa shape index (κ1) is 9.19. The Morgan fingerprint density at radius 3 is 2.79 bits per heavy atom. The van der Waals surface area contributed by atoms with Crippen LogP contribution in [-0.4, -0.2) is 10.8 Å². The average molecular weight is 190 g/mol. The standard InChI is InChI=1S/C11H14N2O/c1-11(2)6-8(11)9(14)7-4-3-5-13-10(7)12/h3-5,8H,6H2,1-2H3,(H2,12,13). The van der Waals surface area contributed by atoms with Crippen LogP contribution in [0.5, 0.6) is 0 Å². The Kier molecular flexibility index (Phi) is 1.84. The van der Waals surface area contributed by atoms with Crippen LogP contribution in [0, 0.1) is 11.3 Å². The van der Waals surface area contributed by atoms with Gasteiger partial charge in [0.2, 0.25) is 0 Å². The molecule has 0 aromatic carbocycles. The molecule has 1 fully saturated rings. The van der Waals surface area contributed by atoms with E-state index in [1.165, 1.54) is 0 Å². The molecule has 0 spiro atoms. The zero-order valence-electron chi connectivity index (χ0n) is 8.45. The van der Waals surface area contributed by atoms with Gasteiger partial charge in [-0.2, -0.15) is 0 Å². The second kappa shape index (κ2) is 2.80. The van der Waals surface area contributed by atoms with E-state index in [4.69, 9.17) is 5.73 Å². The average Bonchev–Trinajstić information content (AvgIpc) is 2.75. The molecule has 74 valence electrons. The fourth-order valence-corrected chi connectivity index (χ4v) is 1.73. The maximum atomic E-state index is 11.9. The Labute approximate surface area is 83.3 Å². The third-order valence-electron chi connectivity index (χ3n) is 2.93. The summed E-state index contributed by atoms with van der Waals surface area (Å²) in [5.74, 6) is 0.620. The van der Waals surface area contributed by atoms with E-state index in [0.29, 0.717) is 11.4 Å². The highest BCUT2D eigenvalue weighted by atomic mass is 16.1. The number of carbonyl (C=O) groups excluding carboxylic acids is 1. The number of nitrogen functional groups attached to an aromatic ring is 1. The fourth-order valence-electron chi connectivity index (χ4n) is 1.73. The largest absolute Gasteiger partial charge is 0.383 e. The predicted octanol–water partition coefficient (Wildman–Crippen LogP) is 1.89. The van der Waals surface area contributed by atoms with Crippen molar-refractivity contribution in [3.05, 3.63) is 23.9 Å². The number of nitrogens with zero attached hydrogens (tertiary/aromatic N) is 1. The first-order valence-electron chi connectivity index (χ1n) is 4.77. The molecular formula is C11H14N2O.